The average molecular weight is 389 g/mol. The highest BCUT2D eigenvalue weighted by Crippen LogP contribution is 2.35. The largest absolute Gasteiger partial charge is 0.466 e. The zero-order valence-electron chi connectivity index (χ0n) is 15.2. The van der Waals surface area contributed by atoms with Crippen LogP contribution in [0.25, 0.3) is 11.1 Å². The van der Waals surface area contributed by atoms with Crippen LogP contribution in [-0.4, -0.2) is 39.5 Å². The van der Waals surface area contributed by atoms with E-state index in [1.165, 1.54) is 25.2 Å². The van der Waals surface area contributed by atoms with Gasteiger partial charge in [-0.1, -0.05) is 24.3 Å². The third-order valence-corrected chi connectivity index (χ3v) is 4.26. The van der Waals surface area contributed by atoms with Crippen molar-refractivity contribution in [2.45, 2.75) is 0 Å². The van der Waals surface area contributed by atoms with Crippen LogP contribution < -0.4 is 4.90 Å². The summed E-state index contributed by atoms with van der Waals surface area (Å²) in [6.07, 6.45) is 0. The van der Waals surface area contributed by atoms with Crippen molar-refractivity contribution in [3.05, 3.63) is 65.4 Å². The van der Waals surface area contributed by atoms with Gasteiger partial charge in [0.25, 0.3) is 0 Å². The van der Waals surface area contributed by atoms with E-state index < -0.39 is 23.6 Å². The Hall–Kier alpha value is -3.26. The number of rotatable bonds is 4. The molecule has 0 amide bonds. The van der Waals surface area contributed by atoms with Gasteiger partial charge in [-0.05, 0) is 23.8 Å². The Morgan fingerprint density at radius 1 is 1.00 bits per heavy atom. The van der Waals surface area contributed by atoms with Crippen LogP contribution in [0.1, 0.15) is 0 Å². The molecule has 146 valence electrons. The summed E-state index contributed by atoms with van der Waals surface area (Å²) in [6.45, 7) is -0.174. The van der Waals surface area contributed by atoms with Gasteiger partial charge in [0.15, 0.2) is 11.6 Å². The number of ether oxygens (including phenoxy) is 3. The second kappa shape index (κ2) is 8.18. The number of halogens is 2. The van der Waals surface area contributed by atoms with Crippen molar-refractivity contribution in [3.8, 4) is 11.1 Å². The molecular weight excluding hydrogens is 372 g/mol. The third kappa shape index (κ3) is 3.59. The molecule has 2 aromatic rings. The Morgan fingerprint density at radius 2 is 1.71 bits per heavy atom. The zero-order valence-corrected chi connectivity index (χ0v) is 15.2. The summed E-state index contributed by atoms with van der Waals surface area (Å²) in [7, 11) is 2.39. The number of hydrogen-bond acceptors (Lipinski definition) is 6. The third-order valence-electron chi connectivity index (χ3n) is 4.26. The van der Waals surface area contributed by atoms with Gasteiger partial charge in [-0.2, -0.15) is 0 Å². The first-order valence-corrected chi connectivity index (χ1v) is 8.27. The molecule has 0 saturated heterocycles. The molecule has 3 rings (SSSR count). The molecule has 6 nitrogen and oxygen atoms in total. The van der Waals surface area contributed by atoms with Gasteiger partial charge in [0.1, 0.15) is 12.4 Å². The van der Waals surface area contributed by atoms with Gasteiger partial charge in [-0.15, -0.1) is 0 Å². The molecule has 1 aliphatic heterocycles. The second-order valence-electron chi connectivity index (χ2n) is 5.86. The minimum absolute atomic E-state index is 0.000639. The Kier molecular flexibility index (Phi) is 5.70. The van der Waals surface area contributed by atoms with Crippen LogP contribution in [0, 0.1) is 11.6 Å². The molecule has 2 aromatic carbocycles. The fourth-order valence-corrected chi connectivity index (χ4v) is 2.95. The van der Waals surface area contributed by atoms with E-state index in [0.29, 0.717) is 16.8 Å². The molecule has 0 saturated carbocycles. The van der Waals surface area contributed by atoms with Crippen molar-refractivity contribution in [1.29, 1.82) is 0 Å². The molecule has 0 radical (unpaired) electrons. The van der Waals surface area contributed by atoms with E-state index in [2.05, 4.69) is 0 Å². The summed E-state index contributed by atoms with van der Waals surface area (Å²) in [4.78, 5) is 26.0. The predicted octanol–water partition coefficient (Wildman–Crippen LogP) is 3.03. The Balaban J connectivity index is 2.18. The van der Waals surface area contributed by atoms with E-state index in [1.54, 1.807) is 24.3 Å². The number of methoxy groups -OCH3 is 2. The van der Waals surface area contributed by atoms with Crippen LogP contribution in [0.2, 0.25) is 0 Å². The van der Waals surface area contributed by atoms with Gasteiger partial charge in [-0.25, -0.2) is 18.4 Å². The van der Waals surface area contributed by atoms with E-state index in [0.717, 1.165) is 12.1 Å². The van der Waals surface area contributed by atoms with Crippen molar-refractivity contribution in [1.82, 2.24) is 0 Å². The van der Waals surface area contributed by atoms with Gasteiger partial charge < -0.3 is 19.1 Å². The highest BCUT2D eigenvalue weighted by Gasteiger charge is 2.33. The lowest BCUT2D eigenvalue weighted by atomic mass is 10.0. The summed E-state index contributed by atoms with van der Waals surface area (Å²) in [6, 6.07) is 10.3. The first kappa shape index (κ1) is 19.5. The van der Waals surface area contributed by atoms with Crippen LogP contribution >= 0.6 is 0 Å². The number of carbonyl (C=O) groups excluding carboxylic acids is 2. The van der Waals surface area contributed by atoms with Crippen molar-refractivity contribution in [2.75, 3.05) is 32.5 Å². The maximum atomic E-state index is 13.8. The molecule has 0 aromatic heterocycles. The number of hydrogen-bond donors (Lipinski definition) is 0. The Labute approximate surface area is 159 Å². The van der Waals surface area contributed by atoms with E-state index in [-0.39, 0.29) is 24.6 Å². The first-order chi connectivity index (χ1) is 13.5. The molecule has 0 aliphatic carbocycles. The van der Waals surface area contributed by atoms with E-state index in [9.17, 15) is 18.4 Å². The maximum Gasteiger partial charge on any atom is 0.355 e. The van der Waals surface area contributed by atoms with Gasteiger partial charge in [0.05, 0.1) is 32.1 Å². The molecular formula is C20H17F2NO5. The molecule has 1 aliphatic rings. The summed E-state index contributed by atoms with van der Waals surface area (Å²) in [5.41, 5.74) is 1.33. The van der Waals surface area contributed by atoms with Crippen LogP contribution in [0.4, 0.5) is 14.5 Å². The van der Waals surface area contributed by atoms with Crippen molar-refractivity contribution < 1.29 is 32.6 Å². The lowest BCUT2D eigenvalue weighted by molar-refractivity contribution is -0.140. The molecule has 0 spiro atoms. The highest BCUT2D eigenvalue weighted by molar-refractivity contribution is 6.04. The monoisotopic (exact) mass is 389 g/mol. The molecule has 28 heavy (non-hydrogen) atoms. The zero-order chi connectivity index (χ0) is 20.3. The van der Waals surface area contributed by atoms with E-state index in [4.69, 9.17) is 14.2 Å². The summed E-state index contributed by atoms with van der Waals surface area (Å²) >= 11 is 0. The van der Waals surface area contributed by atoms with E-state index >= 15 is 0 Å². The summed E-state index contributed by atoms with van der Waals surface area (Å²) in [5, 5.41) is 0. The number of nitrogens with zero attached hydrogens (tertiary/aromatic N) is 1. The lowest BCUT2D eigenvalue weighted by Gasteiger charge is -2.32. The van der Waals surface area contributed by atoms with Crippen LogP contribution in [0.3, 0.4) is 0 Å². The Morgan fingerprint density at radius 3 is 2.39 bits per heavy atom. The topological polar surface area (TPSA) is 65.1 Å². The number of carbonyl (C=O) groups is 2. The second-order valence-corrected chi connectivity index (χ2v) is 5.86. The number of esters is 2. The molecule has 0 unspecified atom stereocenters. The smallest absolute Gasteiger partial charge is 0.355 e. The number of para-hydroxylation sites is 1. The van der Waals surface area contributed by atoms with Crippen LogP contribution in [0.15, 0.2) is 53.7 Å². The van der Waals surface area contributed by atoms with Gasteiger partial charge in [0, 0.05) is 5.56 Å². The van der Waals surface area contributed by atoms with Gasteiger partial charge >= 0.3 is 11.9 Å². The minimum Gasteiger partial charge on any atom is -0.466 e. The van der Waals surface area contributed by atoms with Crippen molar-refractivity contribution in [2.24, 2.45) is 0 Å². The molecule has 1 heterocycles. The lowest BCUT2D eigenvalue weighted by Crippen LogP contribution is -2.39. The molecule has 8 heteroatoms. The maximum absolute atomic E-state index is 13.8. The van der Waals surface area contributed by atoms with E-state index in [1.807, 2.05) is 0 Å². The first-order valence-electron chi connectivity index (χ1n) is 8.27. The van der Waals surface area contributed by atoms with Crippen molar-refractivity contribution >= 4 is 17.6 Å². The summed E-state index contributed by atoms with van der Waals surface area (Å²) < 4.78 is 42.1. The molecule has 0 atom stereocenters. The Bertz CT molecular complexity index is 957. The summed E-state index contributed by atoms with van der Waals surface area (Å²) in [5.74, 6) is -3.44. The highest BCUT2D eigenvalue weighted by atomic mass is 19.2. The molecule has 0 bridgehead atoms. The predicted molar refractivity (Wildman–Crippen MR) is 96.2 cm³/mol. The van der Waals surface area contributed by atoms with Gasteiger partial charge in [0.2, 0.25) is 0 Å². The number of anilines is 1. The van der Waals surface area contributed by atoms with Crippen LogP contribution in [-0.2, 0) is 23.8 Å². The average Bonchev–Trinajstić information content (AvgIpc) is 2.74. The molecule has 0 N–H and O–H groups in total. The SMILES string of the molecule is COC(=O)C1=C(C(=O)OC)N(c2ccccc2-c2ccc(F)c(F)c2)COC1. The van der Waals surface area contributed by atoms with Crippen molar-refractivity contribution in [3.63, 3.8) is 0 Å². The fraction of sp³-hybridized carbons (Fsp3) is 0.200. The standard InChI is InChI=1S/C20H17F2NO5/c1-26-19(24)14-10-28-11-23(18(14)20(25)27-2)17-6-4-3-5-13(17)12-7-8-15(21)16(22)9-12/h3-9H,10-11H2,1-2H3. The fourth-order valence-electron chi connectivity index (χ4n) is 2.95. The molecule has 0 fully saturated rings. The quantitative estimate of drug-likeness (QED) is 0.749. The minimum atomic E-state index is -0.999. The van der Waals surface area contributed by atoms with Gasteiger partial charge in [-0.3, -0.25) is 0 Å². The van der Waals surface area contributed by atoms with Crippen LogP contribution in [0.5, 0.6) is 0 Å². The normalized spacial score (nSPS) is 14.1. The number of benzene rings is 2.